The van der Waals surface area contributed by atoms with Crippen molar-refractivity contribution < 1.29 is 9.15 Å². The second-order valence-electron chi connectivity index (χ2n) is 7.22. The zero-order chi connectivity index (χ0) is 17.5. The van der Waals surface area contributed by atoms with Crippen LogP contribution in [0.4, 0.5) is 0 Å². The molecule has 134 valence electrons. The van der Waals surface area contributed by atoms with Crippen LogP contribution in [-0.4, -0.2) is 54.7 Å². The van der Waals surface area contributed by atoms with E-state index in [0.29, 0.717) is 12.1 Å². The predicted molar refractivity (Wildman–Crippen MR) is 100 cm³/mol. The Hall–Kier alpha value is -2.21. The first-order valence-electron chi connectivity index (χ1n) is 9.25. The summed E-state index contributed by atoms with van der Waals surface area (Å²) in [5.74, 6) is 0.342. The lowest BCUT2D eigenvalue weighted by atomic mass is 9.83. The fourth-order valence-electron chi connectivity index (χ4n) is 4.46. The summed E-state index contributed by atoms with van der Waals surface area (Å²) < 4.78 is 11.0. The summed E-state index contributed by atoms with van der Waals surface area (Å²) >= 11 is 0. The van der Waals surface area contributed by atoms with E-state index in [4.69, 9.17) is 9.15 Å². The Labute approximate surface area is 153 Å². The van der Waals surface area contributed by atoms with Crippen molar-refractivity contribution in [3.05, 3.63) is 65.5 Å². The molecule has 2 unspecified atom stereocenters. The second-order valence-corrected chi connectivity index (χ2v) is 7.22. The molecule has 5 nitrogen and oxygen atoms in total. The molecular weight excluding hydrogens is 326 g/mol. The lowest BCUT2D eigenvalue weighted by molar-refractivity contribution is -0.0324. The average Bonchev–Trinajstić information content (AvgIpc) is 3.16. The molecule has 0 N–H and O–H groups in total. The standard InChI is InChI=1S/C21H23N3O2/c1-23-13-18(15-6-7-20-19(12-15)22-14-26-20)16-4-2-3-5-17(16)21(23)24-8-10-25-11-9-24/h2-7,12,14,18,21H,8-11,13H2,1H3. The van der Waals surface area contributed by atoms with Crippen molar-refractivity contribution in [1.29, 1.82) is 0 Å². The lowest BCUT2D eigenvalue weighted by Crippen LogP contribution is -2.49. The Bertz CT molecular complexity index is 916. The van der Waals surface area contributed by atoms with Gasteiger partial charge in [0.05, 0.1) is 19.4 Å². The van der Waals surface area contributed by atoms with Crippen LogP contribution in [0.1, 0.15) is 28.8 Å². The van der Waals surface area contributed by atoms with Crippen LogP contribution in [-0.2, 0) is 4.74 Å². The normalized spacial score (nSPS) is 24.7. The largest absolute Gasteiger partial charge is 0.443 e. The third-order valence-corrected chi connectivity index (χ3v) is 5.69. The quantitative estimate of drug-likeness (QED) is 0.710. The van der Waals surface area contributed by atoms with E-state index < -0.39 is 0 Å². The Morgan fingerprint density at radius 3 is 2.69 bits per heavy atom. The minimum absolute atomic E-state index is 0.321. The third-order valence-electron chi connectivity index (χ3n) is 5.69. The fraction of sp³-hybridized carbons (Fsp3) is 0.381. The van der Waals surface area contributed by atoms with Crippen LogP contribution in [0.2, 0.25) is 0 Å². The van der Waals surface area contributed by atoms with Gasteiger partial charge >= 0.3 is 0 Å². The first-order chi connectivity index (χ1) is 12.8. The number of morpholine rings is 1. The molecule has 0 aliphatic carbocycles. The number of aromatic nitrogens is 1. The van der Waals surface area contributed by atoms with Gasteiger partial charge in [-0.15, -0.1) is 0 Å². The van der Waals surface area contributed by atoms with Crippen molar-refractivity contribution >= 4 is 11.1 Å². The van der Waals surface area contributed by atoms with Crippen molar-refractivity contribution in [2.75, 3.05) is 39.9 Å². The topological polar surface area (TPSA) is 41.7 Å². The van der Waals surface area contributed by atoms with Crippen LogP contribution in [0, 0.1) is 0 Å². The van der Waals surface area contributed by atoms with E-state index in [-0.39, 0.29) is 0 Å². The van der Waals surface area contributed by atoms with Crippen LogP contribution >= 0.6 is 0 Å². The number of nitrogens with zero attached hydrogens (tertiary/aromatic N) is 3. The molecule has 0 amide bonds. The van der Waals surface area contributed by atoms with Gasteiger partial charge in [0.15, 0.2) is 12.0 Å². The molecule has 26 heavy (non-hydrogen) atoms. The zero-order valence-electron chi connectivity index (χ0n) is 15.0. The van der Waals surface area contributed by atoms with Gasteiger partial charge in [-0.2, -0.15) is 0 Å². The number of hydrogen-bond acceptors (Lipinski definition) is 5. The summed E-state index contributed by atoms with van der Waals surface area (Å²) in [5.41, 5.74) is 5.90. The summed E-state index contributed by atoms with van der Waals surface area (Å²) in [7, 11) is 2.23. The van der Waals surface area contributed by atoms with Crippen molar-refractivity contribution in [3.63, 3.8) is 0 Å². The van der Waals surface area contributed by atoms with Crippen molar-refractivity contribution in [1.82, 2.24) is 14.8 Å². The van der Waals surface area contributed by atoms with Gasteiger partial charge in [0.2, 0.25) is 0 Å². The Morgan fingerprint density at radius 1 is 1.04 bits per heavy atom. The minimum Gasteiger partial charge on any atom is -0.443 e. The monoisotopic (exact) mass is 349 g/mol. The molecule has 0 spiro atoms. The molecule has 0 saturated carbocycles. The number of oxazole rings is 1. The molecule has 1 fully saturated rings. The summed E-state index contributed by atoms with van der Waals surface area (Å²) in [5, 5.41) is 0. The Morgan fingerprint density at radius 2 is 1.85 bits per heavy atom. The van der Waals surface area contributed by atoms with Gasteiger partial charge in [0.1, 0.15) is 5.52 Å². The summed E-state index contributed by atoms with van der Waals surface area (Å²) in [6, 6.07) is 15.3. The van der Waals surface area contributed by atoms with Gasteiger partial charge in [0.25, 0.3) is 0 Å². The molecule has 3 heterocycles. The van der Waals surface area contributed by atoms with Gasteiger partial charge < -0.3 is 9.15 Å². The fourth-order valence-corrected chi connectivity index (χ4v) is 4.46. The van der Waals surface area contributed by atoms with Crippen LogP contribution in [0.3, 0.4) is 0 Å². The van der Waals surface area contributed by atoms with Gasteiger partial charge in [-0.1, -0.05) is 30.3 Å². The molecule has 3 aromatic rings. The number of benzene rings is 2. The Balaban J connectivity index is 1.56. The van der Waals surface area contributed by atoms with Crippen molar-refractivity contribution in [3.8, 4) is 0 Å². The number of ether oxygens (including phenoxy) is 1. The van der Waals surface area contributed by atoms with E-state index in [2.05, 4.69) is 58.2 Å². The molecule has 0 bridgehead atoms. The molecule has 2 atom stereocenters. The number of fused-ring (bicyclic) bond motifs is 2. The smallest absolute Gasteiger partial charge is 0.181 e. The van der Waals surface area contributed by atoms with E-state index >= 15 is 0 Å². The van der Waals surface area contributed by atoms with Crippen LogP contribution in [0.5, 0.6) is 0 Å². The van der Waals surface area contributed by atoms with Crippen LogP contribution < -0.4 is 0 Å². The molecule has 1 saturated heterocycles. The number of likely N-dealkylation sites (N-methyl/N-ethyl adjacent to an activating group) is 1. The molecule has 0 radical (unpaired) electrons. The van der Waals surface area contributed by atoms with E-state index in [1.54, 1.807) is 0 Å². The maximum Gasteiger partial charge on any atom is 0.181 e. The van der Waals surface area contributed by atoms with E-state index in [0.717, 1.165) is 43.9 Å². The van der Waals surface area contributed by atoms with Gasteiger partial charge in [0, 0.05) is 25.6 Å². The summed E-state index contributed by atoms with van der Waals surface area (Å²) in [6.45, 7) is 4.59. The van der Waals surface area contributed by atoms with E-state index in [9.17, 15) is 0 Å². The first-order valence-corrected chi connectivity index (χ1v) is 9.25. The molecule has 2 aromatic carbocycles. The van der Waals surface area contributed by atoms with Crippen LogP contribution in [0.15, 0.2) is 53.3 Å². The van der Waals surface area contributed by atoms with Gasteiger partial charge in [-0.3, -0.25) is 9.80 Å². The number of hydrogen-bond donors (Lipinski definition) is 0. The maximum absolute atomic E-state index is 5.56. The third kappa shape index (κ3) is 2.63. The summed E-state index contributed by atoms with van der Waals surface area (Å²) in [4.78, 5) is 9.35. The molecule has 5 rings (SSSR count). The van der Waals surface area contributed by atoms with Crippen molar-refractivity contribution in [2.45, 2.75) is 12.1 Å². The van der Waals surface area contributed by atoms with E-state index in [1.165, 1.54) is 23.1 Å². The van der Waals surface area contributed by atoms with Gasteiger partial charge in [-0.25, -0.2) is 4.98 Å². The Kier molecular flexibility index (Phi) is 4.00. The molecule has 1 aromatic heterocycles. The highest BCUT2D eigenvalue weighted by atomic mass is 16.5. The van der Waals surface area contributed by atoms with Crippen molar-refractivity contribution in [2.24, 2.45) is 0 Å². The predicted octanol–water partition coefficient (Wildman–Crippen LogP) is 3.24. The highest BCUT2D eigenvalue weighted by Gasteiger charge is 2.35. The van der Waals surface area contributed by atoms with E-state index in [1.807, 2.05) is 6.07 Å². The lowest BCUT2D eigenvalue weighted by Gasteiger charge is -2.45. The molecule has 2 aliphatic heterocycles. The van der Waals surface area contributed by atoms with Crippen LogP contribution in [0.25, 0.3) is 11.1 Å². The highest BCUT2D eigenvalue weighted by Crippen LogP contribution is 2.40. The zero-order valence-corrected chi connectivity index (χ0v) is 15.0. The first kappa shape index (κ1) is 16.0. The summed E-state index contributed by atoms with van der Waals surface area (Å²) in [6.07, 6.45) is 1.84. The molecule has 2 aliphatic rings. The highest BCUT2D eigenvalue weighted by molar-refractivity contribution is 5.73. The molecule has 5 heteroatoms. The number of rotatable bonds is 2. The SMILES string of the molecule is CN1CC(c2ccc3ocnc3c2)c2ccccc2C1N1CCOCC1. The minimum atomic E-state index is 0.321. The van der Waals surface area contributed by atoms with Gasteiger partial charge in [-0.05, 0) is 35.9 Å². The second kappa shape index (κ2) is 6.50. The molecular formula is C21H23N3O2. The average molecular weight is 349 g/mol. The maximum atomic E-state index is 5.56.